The molecule has 0 heterocycles. The summed E-state index contributed by atoms with van der Waals surface area (Å²) in [5.41, 5.74) is 3.78. The van der Waals surface area contributed by atoms with E-state index in [1.807, 2.05) is 32.0 Å². The Bertz CT molecular complexity index is 753. The van der Waals surface area contributed by atoms with Crippen LogP contribution in [0.1, 0.15) is 31.4 Å². The number of rotatable bonds is 4. The van der Waals surface area contributed by atoms with E-state index in [1.54, 1.807) is 12.1 Å². The predicted molar refractivity (Wildman–Crippen MR) is 99.9 cm³/mol. The first-order valence-electron chi connectivity index (χ1n) is 8.68. The Morgan fingerprint density at radius 2 is 1.65 bits per heavy atom. The van der Waals surface area contributed by atoms with Crippen LogP contribution in [0.5, 0.6) is 0 Å². The Labute approximate surface area is 153 Å². The normalized spacial score (nSPS) is 17.7. The molecule has 0 radical (unpaired) electrons. The molecule has 0 saturated carbocycles. The largest absolute Gasteiger partial charge is 0.387 e. The van der Waals surface area contributed by atoms with E-state index in [4.69, 9.17) is 9.47 Å². The lowest BCUT2D eigenvalue weighted by molar-refractivity contribution is -0.384. The number of ether oxygens (including phenoxy) is 2. The van der Waals surface area contributed by atoms with Gasteiger partial charge in [-0.15, -0.1) is 0 Å². The average Bonchev–Trinajstić information content (AvgIpc) is 2.69. The van der Waals surface area contributed by atoms with Gasteiger partial charge in [-0.1, -0.05) is 32.0 Å². The average molecular weight is 359 g/mol. The van der Waals surface area contributed by atoms with Gasteiger partial charge in [0.15, 0.2) is 0 Å². The van der Waals surface area contributed by atoms with Gasteiger partial charge in [-0.25, -0.2) is 0 Å². The minimum Gasteiger partial charge on any atom is -0.387 e. The van der Waals surface area contributed by atoms with Gasteiger partial charge in [0.05, 0.1) is 4.92 Å². The van der Waals surface area contributed by atoms with Crippen LogP contribution in [-0.2, 0) is 21.7 Å². The van der Waals surface area contributed by atoms with Crippen molar-refractivity contribution in [1.82, 2.24) is 0 Å². The number of non-ortho nitro benzene ring substituents is 1. The van der Waals surface area contributed by atoms with Gasteiger partial charge in [0.2, 0.25) is 5.79 Å². The molecule has 140 valence electrons. The summed E-state index contributed by atoms with van der Waals surface area (Å²) in [6, 6.07) is 12.3. The Kier molecular flexibility index (Phi) is 6.47. The van der Waals surface area contributed by atoms with Gasteiger partial charge in [0.1, 0.15) is 6.10 Å². The lowest BCUT2D eigenvalue weighted by atomic mass is 9.82. The molecular formula is C20H25NO5. The molecule has 1 atom stereocenters. The van der Waals surface area contributed by atoms with Crippen molar-refractivity contribution in [3.8, 4) is 11.1 Å². The summed E-state index contributed by atoms with van der Waals surface area (Å²) in [4.78, 5) is 10.3. The molecule has 0 fully saturated rings. The molecule has 1 aliphatic carbocycles. The summed E-state index contributed by atoms with van der Waals surface area (Å²) in [6.07, 6.45) is 0.523. The van der Waals surface area contributed by atoms with Gasteiger partial charge < -0.3 is 14.6 Å². The van der Waals surface area contributed by atoms with Gasteiger partial charge in [-0.2, -0.15) is 0 Å². The summed E-state index contributed by atoms with van der Waals surface area (Å²) in [7, 11) is 3.04. The number of benzene rings is 2. The molecule has 0 bridgehead atoms. The molecule has 0 amide bonds. The summed E-state index contributed by atoms with van der Waals surface area (Å²) < 4.78 is 11.0. The van der Waals surface area contributed by atoms with Crippen LogP contribution in [0.25, 0.3) is 11.1 Å². The maximum atomic E-state index is 10.8. The van der Waals surface area contributed by atoms with E-state index in [-0.39, 0.29) is 5.69 Å². The predicted octanol–water partition coefficient (Wildman–Crippen LogP) is 4.04. The fourth-order valence-corrected chi connectivity index (χ4v) is 3.33. The zero-order chi connectivity index (χ0) is 19.3. The highest BCUT2D eigenvalue weighted by Crippen LogP contribution is 2.40. The number of methoxy groups -OCH3 is 2. The zero-order valence-electron chi connectivity index (χ0n) is 15.6. The number of nitrogens with zero attached hydrogens (tertiary/aromatic N) is 1. The molecule has 6 nitrogen and oxygen atoms in total. The van der Waals surface area contributed by atoms with E-state index in [2.05, 4.69) is 0 Å². The second-order valence-electron chi connectivity index (χ2n) is 5.81. The first-order valence-corrected chi connectivity index (χ1v) is 8.68. The molecule has 1 unspecified atom stereocenters. The second kappa shape index (κ2) is 8.40. The third kappa shape index (κ3) is 3.49. The minimum absolute atomic E-state index is 0.0672. The van der Waals surface area contributed by atoms with Crippen molar-refractivity contribution in [3.05, 3.63) is 63.7 Å². The van der Waals surface area contributed by atoms with Crippen molar-refractivity contribution in [2.45, 2.75) is 38.6 Å². The third-order valence-electron chi connectivity index (χ3n) is 4.62. The molecule has 0 aromatic heterocycles. The van der Waals surface area contributed by atoms with Crippen LogP contribution >= 0.6 is 0 Å². The summed E-state index contributed by atoms with van der Waals surface area (Å²) in [5.74, 6) is -1.15. The molecule has 2 aromatic rings. The number of aliphatic hydroxyl groups excluding tert-OH is 1. The SMILES string of the molecule is CC.COC1(OC)c2ccc(-c3ccc([N+](=O)[O-])cc3)cc2CCC1O. The van der Waals surface area contributed by atoms with Crippen LogP contribution in [0.2, 0.25) is 0 Å². The van der Waals surface area contributed by atoms with Gasteiger partial charge in [-0.05, 0) is 41.7 Å². The van der Waals surface area contributed by atoms with Crippen molar-refractivity contribution in [3.63, 3.8) is 0 Å². The van der Waals surface area contributed by atoms with E-state index in [0.717, 1.165) is 22.3 Å². The number of nitro groups is 1. The van der Waals surface area contributed by atoms with E-state index < -0.39 is 16.8 Å². The Balaban J connectivity index is 0.00000117. The van der Waals surface area contributed by atoms with Crippen molar-refractivity contribution >= 4 is 5.69 Å². The van der Waals surface area contributed by atoms with Crippen LogP contribution < -0.4 is 0 Å². The molecule has 3 rings (SSSR count). The molecule has 26 heavy (non-hydrogen) atoms. The number of aryl methyl sites for hydroxylation is 1. The van der Waals surface area contributed by atoms with E-state index in [0.29, 0.717) is 12.8 Å². The highest BCUT2D eigenvalue weighted by atomic mass is 16.7. The molecule has 0 saturated heterocycles. The number of hydrogen-bond acceptors (Lipinski definition) is 5. The fourth-order valence-electron chi connectivity index (χ4n) is 3.33. The minimum atomic E-state index is -1.15. The van der Waals surface area contributed by atoms with Crippen LogP contribution in [0.15, 0.2) is 42.5 Å². The standard InChI is InChI=1S/C18H19NO5.C2H6/c1-23-18(24-2)16-9-5-13(11-14(16)6-10-17(18)20)12-3-7-15(8-4-12)19(21)22;1-2/h3-5,7-9,11,17,20H,6,10H2,1-2H3;1-2H3. The molecule has 1 aliphatic rings. The monoisotopic (exact) mass is 359 g/mol. The molecule has 1 N–H and O–H groups in total. The smallest absolute Gasteiger partial charge is 0.269 e. The highest BCUT2D eigenvalue weighted by Gasteiger charge is 2.44. The van der Waals surface area contributed by atoms with Gasteiger partial charge in [0.25, 0.3) is 5.69 Å². The fraction of sp³-hybridized carbons (Fsp3) is 0.400. The number of nitro benzene ring substituents is 1. The molecule has 2 aromatic carbocycles. The van der Waals surface area contributed by atoms with Gasteiger partial charge >= 0.3 is 0 Å². The summed E-state index contributed by atoms with van der Waals surface area (Å²) >= 11 is 0. The molecule has 0 spiro atoms. The lowest BCUT2D eigenvalue weighted by Crippen LogP contribution is -2.46. The third-order valence-corrected chi connectivity index (χ3v) is 4.62. The maximum absolute atomic E-state index is 10.8. The van der Waals surface area contributed by atoms with Crippen LogP contribution in [0.4, 0.5) is 5.69 Å². The summed E-state index contributed by atoms with van der Waals surface area (Å²) in [5, 5.41) is 21.1. The Hall–Kier alpha value is -2.28. The first kappa shape index (κ1) is 20.0. The van der Waals surface area contributed by atoms with Crippen molar-refractivity contribution < 1.29 is 19.5 Å². The Morgan fingerprint density at radius 1 is 1.08 bits per heavy atom. The van der Waals surface area contributed by atoms with Crippen molar-refractivity contribution in [2.75, 3.05) is 14.2 Å². The first-order chi connectivity index (χ1) is 12.5. The van der Waals surface area contributed by atoms with E-state index in [9.17, 15) is 15.2 Å². The highest BCUT2D eigenvalue weighted by molar-refractivity contribution is 5.66. The summed E-state index contributed by atoms with van der Waals surface area (Å²) in [6.45, 7) is 4.00. The van der Waals surface area contributed by atoms with Crippen LogP contribution in [-0.4, -0.2) is 30.4 Å². The van der Waals surface area contributed by atoms with Crippen LogP contribution in [0.3, 0.4) is 0 Å². The number of aliphatic hydroxyl groups is 1. The van der Waals surface area contributed by atoms with E-state index in [1.165, 1.54) is 26.4 Å². The molecule has 6 heteroatoms. The van der Waals surface area contributed by atoms with Crippen LogP contribution in [0, 0.1) is 10.1 Å². The zero-order valence-corrected chi connectivity index (χ0v) is 15.6. The lowest BCUT2D eigenvalue weighted by Gasteiger charge is -2.40. The maximum Gasteiger partial charge on any atom is 0.269 e. The van der Waals surface area contributed by atoms with Gasteiger partial charge in [-0.3, -0.25) is 10.1 Å². The molecular weight excluding hydrogens is 334 g/mol. The van der Waals surface area contributed by atoms with Crippen molar-refractivity contribution in [2.24, 2.45) is 0 Å². The van der Waals surface area contributed by atoms with Gasteiger partial charge in [0, 0.05) is 31.9 Å². The Morgan fingerprint density at radius 3 is 2.19 bits per heavy atom. The topological polar surface area (TPSA) is 81.8 Å². The van der Waals surface area contributed by atoms with E-state index >= 15 is 0 Å². The number of fused-ring (bicyclic) bond motifs is 1. The number of hydrogen-bond donors (Lipinski definition) is 1. The molecule has 0 aliphatic heterocycles. The quantitative estimate of drug-likeness (QED) is 0.506. The van der Waals surface area contributed by atoms with Crippen molar-refractivity contribution in [1.29, 1.82) is 0 Å². The second-order valence-corrected chi connectivity index (χ2v) is 5.81.